The second kappa shape index (κ2) is 11.3. The molecule has 8 heteroatoms. The summed E-state index contributed by atoms with van der Waals surface area (Å²) in [6, 6.07) is 14.5. The average molecular weight is 500 g/mol. The van der Waals surface area contributed by atoms with Crippen molar-refractivity contribution in [3.8, 4) is 11.5 Å². The van der Waals surface area contributed by atoms with E-state index >= 15 is 0 Å². The molecule has 7 nitrogen and oxygen atoms in total. The minimum atomic E-state index is -0.476. The van der Waals surface area contributed by atoms with Gasteiger partial charge in [0, 0.05) is 56.1 Å². The molecule has 0 N–H and O–H groups in total. The summed E-state index contributed by atoms with van der Waals surface area (Å²) in [6.07, 6.45) is 1.97. The number of carbonyl (C=O) groups excluding carboxylic acids is 2. The Morgan fingerprint density at radius 3 is 2.40 bits per heavy atom. The van der Waals surface area contributed by atoms with Gasteiger partial charge in [-0.1, -0.05) is 23.7 Å². The number of nitrogens with zero attached hydrogens (tertiary/aromatic N) is 3. The molecule has 0 aromatic heterocycles. The van der Waals surface area contributed by atoms with E-state index in [0.717, 1.165) is 39.0 Å². The Hall–Kier alpha value is -2.77. The predicted octanol–water partition coefficient (Wildman–Crippen LogP) is 3.81. The zero-order chi connectivity index (χ0) is 24.8. The summed E-state index contributed by atoms with van der Waals surface area (Å²) >= 11 is 6.03. The average Bonchev–Trinajstić information content (AvgIpc) is 2.88. The van der Waals surface area contributed by atoms with Gasteiger partial charge in [-0.3, -0.25) is 9.59 Å². The standard InChI is InChI=1S/C27H34ClN3O4/c1-29-14-16-30(17-15-29)25(32)18-27(20-35-22-10-8-21(28)9-11-22)12-5-13-31(19-27)26(33)23-6-3-4-7-24(23)34-2/h3-4,6-11H,5,12-20H2,1-2H3/t27-/m1/s1. The lowest BCUT2D eigenvalue weighted by molar-refractivity contribution is -0.137. The van der Waals surface area contributed by atoms with Crippen LogP contribution < -0.4 is 9.47 Å². The molecule has 2 aromatic carbocycles. The SMILES string of the molecule is COc1ccccc1C(=O)N1CCC[C@@](COc2ccc(Cl)cc2)(CC(=O)N2CCN(C)CC2)C1. The van der Waals surface area contributed by atoms with E-state index in [0.29, 0.717) is 48.2 Å². The van der Waals surface area contributed by atoms with Crippen molar-refractivity contribution < 1.29 is 19.1 Å². The molecule has 0 spiro atoms. The number of piperazine rings is 1. The third-order valence-corrected chi connectivity index (χ3v) is 7.28. The molecular weight excluding hydrogens is 466 g/mol. The van der Waals surface area contributed by atoms with Crippen molar-refractivity contribution in [3.05, 3.63) is 59.1 Å². The smallest absolute Gasteiger partial charge is 0.257 e. The van der Waals surface area contributed by atoms with Crippen molar-refractivity contribution in [3.63, 3.8) is 0 Å². The molecule has 0 unspecified atom stereocenters. The van der Waals surface area contributed by atoms with Gasteiger partial charge in [0.2, 0.25) is 5.91 Å². The minimum Gasteiger partial charge on any atom is -0.496 e. The number of likely N-dealkylation sites (tertiary alicyclic amines) is 1. The largest absolute Gasteiger partial charge is 0.496 e. The maximum absolute atomic E-state index is 13.5. The molecule has 2 aliphatic heterocycles. The van der Waals surface area contributed by atoms with Crippen LogP contribution in [0.5, 0.6) is 11.5 Å². The van der Waals surface area contributed by atoms with Crippen LogP contribution in [0.4, 0.5) is 0 Å². The second-order valence-electron chi connectivity index (χ2n) is 9.63. The highest BCUT2D eigenvalue weighted by atomic mass is 35.5. The Morgan fingerprint density at radius 2 is 1.69 bits per heavy atom. The summed E-state index contributed by atoms with van der Waals surface area (Å²) in [5, 5.41) is 0.642. The van der Waals surface area contributed by atoms with Crippen molar-refractivity contribution in [2.75, 3.05) is 60.0 Å². The first kappa shape index (κ1) is 25.3. The second-order valence-corrected chi connectivity index (χ2v) is 10.1. The third kappa shape index (κ3) is 6.27. The van der Waals surface area contributed by atoms with Crippen LogP contribution >= 0.6 is 11.6 Å². The minimum absolute atomic E-state index is 0.0786. The lowest BCUT2D eigenvalue weighted by Gasteiger charge is -2.43. The molecule has 4 rings (SSSR count). The highest BCUT2D eigenvalue weighted by molar-refractivity contribution is 6.30. The van der Waals surface area contributed by atoms with Crippen LogP contribution in [0.2, 0.25) is 5.02 Å². The van der Waals surface area contributed by atoms with Gasteiger partial charge in [-0.2, -0.15) is 0 Å². The van der Waals surface area contributed by atoms with Crippen LogP contribution in [0.1, 0.15) is 29.6 Å². The molecule has 2 aromatic rings. The fraction of sp³-hybridized carbons (Fsp3) is 0.481. The summed E-state index contributed by atoms with van der Waals surface area (Å²) in [6.45, 7) is 4.65. The predicted molar refractivity (Wildman–Crippen MR) is 136 cm³/mol. The number of methoxy groups -OCH3 is 1. The first-order valence-corrected chi connectivity index (χ1v) is 12.5. The molecular formula is C27H34ClN3O4. The Morgan fingerprint density at radius 1 is 0.971 bits per heavy atom. The van der Waals surface area contributed by atoms with Crippen molar-refractivity contribution in [1.29, 1.82) is 0 Å². The zero-order valence-electron chi connectivity index (χ0n) is 20.5. The Bertz CT molecular complexity index is 1020. The van der Waals surface area contributed by atoms with Crippen LogP contribution in [0.25, 0.3) is 0 Å². The highest BCUT2D eigenvalue weighted by Gasteiger charge is 2.41. The summed E-state index contributed by atoms with van der Waals surface area (Å²) in [5.74, 6) is 1.31. The van der Waals surface area contributed by atoms with Gasteiger partial charge < -0.3 is 24.2 Å². The monoisotopic (exact) mass is 499 g/mol. The number of benzene rings is 2. The number of hydrogen-bond donors (Lipinski definition) is 0. The van der Waals surface area contributed by atoms with Crippen LogP contribution in [-0.2, 0) is 4.79 Å². The van der Waals surface area contributed by atoms with Crippen LogP contribution in [0.3, 0.4) is 0 Å². The number of likely N-dealkylation sites (N-methyl/N-ethyl adjacent to an activating group) is 1. The van der Waals surface area contributed by atoms with E-state index < -0.39 is 5.41 Å². The Labute approximate surface area is 212 Å². The van der Waals surface area contributed by atoms with Gasteiger partial charge in [-0.05, 0) is 56.3 Å². The van der Waals surface area contributed by atoms with Gasteiger partial charge in [0.25, 0.3) is 5.91 Å². The number of piperidine rings is 1. The molecule has 2 saturated heterocycles. The molecule has 0 aliphatic carbocycles. The van der Waals surface area contributed by atoms with Gasteiger partial charge in [-0.25, -0.2) is 0 Å². The van der Waals surface area contributed by atoms with E-state index in [9.17, 15) is 9.59 Å². The first-order valence-electron chi connectivity index (χ1n) is 12.2. The highest BCUT2D eigenvalue weighted by Crippen LogP contribution is 2.36. The number of carbonyl (C=O) groups is 2. The Balaban J connectivity index is 1.54. The fourth-order valence-electron chi connectivity index (χ4n) is 4.94. The Kier molecular flexibility index (Phi) is 8.19. The van der Waals surface area contributed by atoms with Crippen LogP contribution in [0, 0.1) is 5.41 Å². The van der Waals surface area contributed by atoms with E-state index in [4.69, 9.17) is 21.1 Å². The van der Waals surface area contributed by atoms with Gasteiger partial charge >= 0.3 is 0 Å². The molecule has 35 heavy (non-hydrogen) atoms. The number of ether oxygens (including phenoxy) is 2. The van der Waals surface area contributed by atoms with Gasteiger partial charge in [0.05, 0.1) is 19.3 Å². The zero-order valence-corrected chi connectivity index (χ0v) is 21.3. The van der Waals surface area contributed by atoms with Gasteiger partial charge in [0.15, 0.2) is 0 Å². The molecule has 0 bridgehead atoms. The molecule has 2 amide bonds. The summed E-state index contributed by atoms with van der Waals surface area (Å²) in [5.41, 5.74) is 0.0607. The molecule has 2 heterocycles. The molecule has 2 aliphatic rings. The molecule has 188 valence electrons. The number of para-hydroxylation sites is 1. The maximum atomic E-state index is 13.5. The van der Waals surface area contributed by atoms with E-state index in [1.165, 1.54) is 0 Å². The summed E-state index contributed by atoms with van der Waals surface area (Å²) < 4.78 is 11.6. The number of amides is 2. The first-order chi connectivity index (χ1) is 16.9. The van der Waals surface area contributed by atoms with E-state index in [2.05, 4.69) is 11.9 Å². The quantitative estimate of drug-likeness (QED) is 0.579. The number of hydrogen-bond acceptors (Lipinski definition) is 5. The van der Waals surface area contributed by atoms with Gasteiger partial charge in [0.1, 0.15) is 11.5 Å². The molecule has 0 radical (unpaired) electrons. The molecule has 2 fully saturated rings. The van der Waals surface area contributed by atoms with Crippen LogP contribution in [0.15, 0.2) is 48.5 Å². The lowest BCUT2D eigenvalue weighted by Crippen LogP contribution is -2.53. The van der Waals surface area contributed by atoms with Crippen molar-refractivity contribution in [2.24, 2.45) is 5.41 Å². The van der Waals surface area contributed by atoms with Crippen molar-refractivity contribution in [2.45, 2.75) is 19.3 Å². The van der Waals surface area contributed by atoms with E-state index in [1.54, 1.807) is 31.4 Å². The topological polar surface area (TPSA) is 62.3 Å². The van der Waals surface area contributed by atoms with Crippen LogP contribution in [-0.4, -0.2) is 86.5 Å². The van der Waals surface area contributed by atoms with Gasteiger partial charge in [-0.15, -0.1) is 0 Å². The maximum Gasteiger partial charge on any atom is 0.257 e. The number of halogens is 1. The third-order valence-electron chi connectivity index (χ3n) is 7.03. The van der Waals surface area contributed by atoms with Crippen molar-refractivity contribution in [1.82, 2.24) is 14.7 Å². The summed E-state index contributed by atoms with van der Waals surface area (Å²) in [7, 11) is 3.65. The molecule has 0 saturated carbocycles. The normalized spacial score (nSPS) is 21.0. The van der Waals surface area contributed by atoms with E-state index in [1.807, 2.05) is 34.1 Å². The number of rotatable bonds is 7. The van der Waals surface area contributed by atoms with Crippen molar-refractivity contribution >= 4 is 23.4 Å². The lowest BCUT2D eigenvalue weighted by atomic mass is 9.77. The van der Waals surface area contributed by atoms with E-state index in [-0.39, 0.29) is 11.8 Å². The fourth-order valence-corrected chi connectivity index (χ4v) is 5.07. The summed E-state index contributed by atoms with van der Waals surface area (Å²) in [4.78, 5) is 32.9. The molecule has 1 atom stereocenters.